The molecular weight excluding hydrogens is 292 g/mol. The van der Waals surface area contributed by atoms with Gasteiger partial charge >= 0.3 is 0 Å². The first-order valence-corrected chi connectivity index (χ1v) is 9.85. The first-order valence-electron chi connectivity index (χ1n) is 9.85. The molecule has 0 aromatic heterocycles. The highest BCUT2D eigenvalue weighted by atomic mass is 15.2. The van der Waals surface area contributed by atoms with Crippen LogP contribution < -0.4 is 9.80 Å². The minimum Gasteiger partial charge on any atom is -0.369 e. The summed E-state index contributed by atoms with van der Waals surface area (Å²) in [5.74, 6) is 1.49. The Bertz CT molecular complexity index is 424. The van der Waals surface area contributed by atoms with Crippen molar-refractivity contribution in [2.75, 3.05) is 22.9 Å². The summed E-state index contributed by atoms with van der Waals surface area (Å²) >= 11 is 0. The summed E-state index contributed by atoms with van der Waals surface area (Å²) in [5, 5.41) is 0. The predicted octanol–water partition coefficient (Wildman–Crippen LogP) is 6.21. The molecule has 1 aromatic carbocycles. The lowest BCUT2D eigenvalue weighted by molar-refractivity contribution is 0.548. The molecule has 0 heterocycles. The van der Waals surface area contributed by atoms with E-state index in [-0.39, 0.29) is 0 Å². The van der Waals surface area contributed by atoms with Gasteiger partial charge in [-0.15, -0.1) is 0 Å². The summed E-state index contributed by atoms with van der Waals surface area (Å²) in [7, 11) is 0. The molecule has 0 bridgehead atoms. The fraction of sp³-hybridized carbons (Fsp3) is 0.727. The number of rotatable bonds is 10. The second kappa shape index (κ2) is 9.96. The van der Waals surface area contributed by atoms with Gasteiger partial charge in [-0.05, 0) is 70.6 Å². The molecule has 0 aliphatic heterocycles. The van der Waals surface area contributed by atoms with E-state index in [0.717, 1.165) is 24.9 Å². The Morgan fingerprint density at radius 2 is 1.04 bits per heavy atom. The van der Waals surface area contributed by atoms with E-state index >= 15 is 0 Å². The van der Waals surface area contributed by atoms with E-state index in [2.05, 4.69) is 89.5 Å². The van der Waals surface area contributed by atoms with Crippen LogP contribution in [0.15, 0.2) is 24.3 Å². The lowest BCUT2D eigenvalue weighted by Crippen LogP contribution is -2.34. The normalized spacial score (nSPS) is 11.8. The van der Waals surface area contributed by atoms with Crippen molar-refractivity contribution >= 4 is 11.4 Å². The third-order valence-electron chi connectivity index (χ3n) is 4.63. The van der Waals surface area contributed by atoms with Crippen LogP contribution in [0.4, 0.5) is 11.4 Å². The lowest BCUT2D eigenvalue weighted by Gasteiger charge is -2.33. The summed E-state index contributed by atoms with van der Waals surface area (Å²) in [6.45, 7) is 20.7. The van der Waals surface area contributed by atoms with Crippen LogP contribution in [0.1, 0.15) is 68.2 Å². The molecule has 0 aliphatic carbocycles. The topological polar surface area (TPSA) is 6.48 Å². The van der Waals surface area contributed by atoms with Crippen molar-refractivity contribution in [3.05, 3.63) is 24.3 Å². The fourth-order valence-electron chi connectivity index (χ4n) is 3.02. The van der Waals surface area contributed by atoms with Gasteiger partial charge in [0.15, 0.2) is 0 Å². The minimum absolute atomic E-state index is 0.530. The molecule has 1 rings (SSSR count). The molecule has 2 heteroatoms. The van der Waals surface area contributed by atoms with Gasteiger partial charge in [0, 0.05) is 36.5 Å². The summed E-state index contributed by atoms with van der Waals surface area (Å²) in [5.41, 5.74) is 2.72. The van der Waals surface area contributed by atoms with Crippen LogP contribution in [-0.2, 0) is 0 Å². The van der Waals surface area contributed by atoms with Crippen molar-refractivity contribution in [2.24, 2.45) is 11.8 Å². The molecule has 0 saturated heterocycles. The van der Waals surface area contributed by atoms with Crippen LogP contribution in [0.5, 0.6) is 0 Å². The Morgan fingerprint density at radius 1 is 0.667 bits per heavy atom. The fourth-order valence-corrected chi connectivity index (χ4v) is 3.02. The zero-order valence-corrected chi connectivity index (χ0v) is 17.3. The van der Waals surface area contributed by atoms with Gasteiger partial charge in [-0.25, -0.2) is 0 Å². The summed E-state index contributed by atoms with van der Waals surface area (Å²) in [4.78, 5) is 5.09. The summed E-state index contributed by atoms with van der Waals surface area (Å²) in [6, 6.07) is 10.2. The molecule has 0 unspecified atom stereocenters. The van der Waals surface area contributed by atoms with Crippen LogP contribution in [-0.4, -0.2) is 25.2 Å². The van der Waals surface area contributed by atoms with Crippen LogP contribution in [0.2, 0.25) is 0 Å². The molecular formula is C22H40N2. The van der Waals surface area contributed by atoms with Crippen molar-refractivity contribution in [2.45, 2.75) is 80.3 Å². The van der Waals surface area contributed by atoms with Crippen LogP contribution in [0.3, 0.4) is 0 Å². The first-order chi connectivity index (χ1) is 11.2. The van der Waals surface area contributed by atoms with Crippen molar-refractivity contribution in [1.29, 1.82) is 0 Å². The van der Waals surface area contributed by atoms with Gasteiger partial charge in [0.1, 0.15) is 0 Å². The molecule has 0 saturated carbocycles. The van der Waals surface area contributed by atoms with E-state index in [0.29, 0.717) is 12.1 Å². The highest BCUT2D eigenvalue weighted by Gasteiger charge is 2.15. The molecule has 2 nitrogen and oxygen atoms in total. The Labute approximate surface area is 151 Å². The summed E-state index contributed by atoms with van der Waals surface area (Å²) < 4.78 is 0. The minimum atomic E-state index is 0.530. The SMILES string of the molecule is CC(C)CCN(c1cccc(N(CCC(C)C)C(C)C)c1)C(C)C. The van der Waals surface area contributed by atoms with E-state index in [4.69, 9.17) is 0 Å². The smallest absolute Gasteiger partial charge is 0.0389 e. The largest absolute Gasteiger partial charge is 0.369 e. The second-order valence-corrected chi connectivity index (χ2v) is 8.46. The van der Waals surface area contributed by atoms with Crippen LogP contribution in [0, 0.1) is 11.8 Å². The molecule has 0 aliphatic rings. The van der Waals surface area contributed by atoms with E-state index in [9.17, 15) is 0 Å². The Morgan fingerprint density at radius 3 is 1.33 bits per heavy atom. The van der Waals surface area contributed by atoms with Crippen molar-refractivity contribution in [1.82, 2.24) is 0 Å². The predicted molar refractivity (Wildman–Crippen MR) is 110 cm³/mol. The van der Waals surface area contributed by atoms with Gasteiger partial charge in [-0.2, -0.15) is 0 Å². The van der Waals surface area contributed by atoms with E-state index in [1.165, 1.54) is 24.2 Å². The molecule has 0 N–H and O–H groups in total. The molecule has 24 heavy (non-hydrogen) atoms. The van der Waals surface area contributed by atoms with Crippen molar-refractivity contribution < 1.29 is 0 Å². The van der Waals surface area contributed by atoms with Crippen molar-refractivity contribution in [3.8, 4) is 0 Å². The number of hydrogen-bond acceptors (Lipinski definition) is 2. The molecule has 0 fully saturated rings. The zero-order chi connectivity index (χ0) is 18.3. The molecule has 0 radical (unpaired) electrons. The van der Waals surface area contributed by atoms with E-state index < -0.39 is 0 Å². The quantitative estimate of drug-likeness (QED) is 0.502. The van der Waals surface area contributed by atoms with Gasteiger partial charge < -0.3 is 9.80 Å². The monoisotopic (exact) mass is 332 g/mol. The highest BCUT2D eigenvalue weighted by Crippen LogP contribution is 2.26. The van der Waals surface area contributed by atoms with Crippen molar-refractivity contribution in [3.63, 3.8) is 0 Å². The van der Waals surface area contributed by atoms with Gasteiger partial charge in [0.05, 0.1) is 0 Å². The van der Waals surface area contributed by atoms with Gasteiger partial charge in [-0.3, -0.25) is 0 Å². The highest BCUT2D eigenvalue weighted by molar-refractivity contribution is 5.60. The molecule has 0 amide bonds. The first kappa shape index (κ1) is 20.9. The number of nitrogens with zero attached hydrogens (tertiary/aromatic N) is 2. The maximum atomic E-state index is 2.55. The Balaban J connectivity index is 2.99. The third-order valence-corrected chi connectivity index (χ3v) is 4.63. The number of hydrogen-bond donors (Lipinski definition) is 0. The zero-order valence-electron chi connectivity index (χ0n) is 17.3. The van der Waals surface area contributed by atoms with Crippen LogP contribution >= 0.6 is 0 Å². The summed E-state index contributed by atoms with van der Waals surface area (Å²) in [6.07, 6.45) is 2.48. The number of anilines is 2. The van der Waals surface area contributed by atoms with E-state index in [1.54, 1.807) is 0 Å². The van der Waals surface area contributed by atoms with Crippen LogP contribution in [0.25, 0.3) is 0 Å². The van der Waals surface area contributed by atoms with Gasteiger partial charge in [0.25, 0.3) is 0 Å². The molecule has 138 valence electrons. The molecule has 0 spiro atoms. The molecule has 0 atom stereocenters. The maximum absolute atomic E-state index is 2.55. The average molecular weight is 333 g/mol. The number of benzene rings is 1. The lowest BCUT2D eigenvalue weighted by atomic mass is 10.1. The maximum Gasteiger partial charge on any atom is 0.0389 e. The Hall–Kier alpha value is -1.18. The second-order valence-electron chi connectivity index (χ2n) is 8.46. The van der Waals surface area contributed by atoms with E-state index in [1.807, 2.05) is 0 Å². The van der Waals surface area contributed by atoms with Gasteiger partial charge in [0.2, 0.25) is 0 Å². The molecule has 1 aromatic rings. The standard InChI is InChI=1S/C22H40N2/c1-17(2)12-14-23(19(5)6)21-10-9-11-22(16-21)24(20(7)8)15-13-18(3)4/h9-11,16-20H,12-15H2,1-8H3. The Kier molecular flexibility index (Phi) is 8.66. The van der Waals surface area contributed by atoms with Gasteiger partial charge in [-0.1, -0.05) is 33.8 Å². The third kappa shape index (κ3) is 6.75. The average Bonchev–Trinajstić information content (AvgIpc) is 2.46.